The van der Waals surface area contributed by atoms with Crippen LogP contribution < -0.4 is 9.64 Å². The van der Waals surface area contributed by atoms with Gasteiger partial charge in [-0.2, -0.15) is 15.2 Å². The van der Waals surface area contributed by atoms with Crippen LogP contribution >= 0.6 is 11.3 Å². The molecule has 0 N–H and O–H groups in total. The van der Waals surface area contributed by atoms with E-state index in [1.54, 1.807) is 38.0 Å². The number of nitriles is 1. The maximum Gasteiger partial charge on any atom is 0.319 e. The Balaban J connectivity index is 1.53. The molecule has 2 saturated heterocycles. The fraction of sp³-hybridized carbons (Fsp3) is 0.419. The quantitative estimate of drug-likeness (QED) is 0.176. The molecule has 0 amide bonds. The summed E-state index contributed by atoms with van der Waals surface area (Å²) in [6, 6.07) is 5.69. The lowest BCUT2D eigenvalue weighted by atomic mass is 9.88. The van der Waals surface area contributed by atoms with Crippen LogP contribution in [0, 0.1) is 28.8 Å². The summed E-state index contributed by atoms with van der Waals surface area (Å²) in [5.41, 5.74) is -0.560. The highest BCUT2D eigenvalue weighted by atomic mass is 32.1. The normalized spacial score (nSPS) is 17.1. The molecule has 0 aliphatic carbocycles. The molecule has 12 heteroatoms. The molecule has 0 radical (unpaired) electrons. The van der Waals surface area contributed by atoms with Crippen LogP contribution in [0.3, 0.4) is 0 Å². The van der Waals surface area contributed by atoms with Gasteiger partial charge in [0.25, 0.3) is 0 Å². The minimum absolute atomic E-state index is 0.00564. The maximum absolute atomic E-state index is 16.6. The van der Waals surface area contributed by atoms with E-state index in [1.807, 2.05) is 6.92 Å². The van der Waals surface area contributed by atoms with Crippen LogP contribution in [-0.4, -0.2) is 79.0 Å². The maximum atomic E-state index is 16.6. The second-order valence-electron chi connectivity index (χ2n) is 11.6. The SMILES string of the molecule is CC(Oc1nc(N(C)C)c2cc(F)c(-c3ccc(F)c4sc(N=CN(C)C)c(C#N)c34)c(F)c2n1)C12CCCN1CCC2. The molecular formula is C31H32F3N7OS. The molecule has 2 aliphatic heterocycles. The van der Waals surface area contributed by atoms with Gasteiger partial charge in [-0.05, 0) is 63.4 Å². The Morgan fingerprint density at radius 1 is 1.12 bits per heavy atom. The number of aromatic nitrogens is 2. The third kappa shape index (κ3) is 4.75. The van der Waals surface area contributed by atoms with E-state index < -0.39 is 23.0 Å². The Bertz CT molecular complexity index is 1800. The number of nitrogens with zero attached hydrogens (tertiary/aromatic N) is 7. The molecule has 0 spiro atoms. The summed E-state index contributed by atoms with van der Waals surface area (Å²) < 4.78 is 54.0. The van der Waals surface area contributed by atoms with Gasteiger partial charge in [0.15, 0.2) is 5.82 Å². The number of anilines is 1. The van der Waals surface area contributed by atoms with Crippen molar-refractivity contribution in [2.24, 2.45) is 4.99 Å². The van der Waals surface area contributed by atoms with E-state index in [0.29, 0.717) is 5.82 Å². The molecule has 4 heterocycles. The van der Waals surface area contributed by atoms with Gasteiger partial charge in [-0.3, -0.25) is 4.90 Å². The van der Waals surface area contributed by atoms with Crippen LogP contribution in [0.1, 0.15) is 38.2 Å². The van der Waals surface area contributed by atoms with E-state index in [0.717, 1.165) is 56.2 Å². The van der Waals surface area contributed by atoms with Crippen molar-refractivity contribution < 1.29 is 17.9 Å². The topological polar surface area (TPSA) is 80.9 Å². The van der Waals surface area contributed by atoms with Gasteiger partial charge in [0, 0.05) is 39.0 Å². The molecule has 2 aliphatic rings. The van der Waals surface area contributed by atoms with Crippen LogP contribution in [0.25, 0.3) is 32.1 Å². The van der Waals surface area contributed by atoms with Gasteiger partial charge in [0.2, 0.25) is 0 Å². The highest BCUT2D eigenvalue weighted by Gasteiger charge is 2.49. The van der Waals surface area contributed by atoms with E-state index >= 15 is 13.2 Å². The number of rotatable bonds is 7. The average molecular weight is 608 g/mol. The summed E-state index contributed by atoms with van der Waals surface area (Å²) in [7, 11) is 6.98. The molecule has 6 rings (SSSR count). The van der Waals surface area contributed by atoms with Crippen LogP contribution in [0.15, 0.2) is 23.2 Å². The lowest BCUT2D eigenvalue weighted by molar-refractivity contribution is 0.0407. The molecule has 1 unspecified atom stereocenters. The minimum atomic E-state index is -0.944. The zero-order chi connectivity index (χ0) is 30.6. The lowest BCUT2D eigenvalue weighted by Gasteiger charge is -2.37. The Labute approximate surface area is 252 Å². The number of thiophene rings is 1. The number of halogens is 3. The number of ether oxygens (including phenoxy) is 1. The molecule has 8 nitrogen and oxygen atoms in total. The number of hydrogen-bond acceptors (Lipinski definition) is 8. The fourth-order valence-corrected chi connectivity index (χ4v) is 7.64. The number of benzene rings is 2. The molecule has 2 fully saturated rings. The average Bonchev–Trinajstić information content (AvgIpc) is 3.66. The highest BCUT2D eigenvalue weighted by Crippen LogP contribution is 2.46. The van der Waals surface area contributed by atoms with Crippen molar-refractivity contribution in [2.75, 3.05) is 46.2 Å². The summed E-state index contributed by atoms with van der Waals surface area (Å²) in [4.78, 5) is 19.1. The highest BCUT2D eigenvalue weighted by molar-refractivity contribution is 7.23. The van der Waals surface area contributed by atoms with Crippen LogP contribution in [0.4, 0.5) is 24.0 Å². The van der Waals surface area contributed by atoms with Gasteiger partial charge in [-0.1, -0.05) is 6.07 Å². The van der Waals surface area contributed by atoms with Gasteiger partial charge in [-0.25, -0.2) is 18.2 Å². The first-order chi connectivity index (χ1) is 20.6. The predicted octanol–water partition coefficient (Wildman–Crippen LogP) is 6.48. The summed E-state index contributed by atoms with van der Waals surface area (Å²) in [5.74, 6) is -2.13. The van der Waals surface area contributed by atoms with Gasteiger partial charge in [0.1, 0.15) is 40.1 Å². The zero-order valence-corrected chi connectivity index (χ0v) is 25.5. The minimum Gasteiger partial charge on any atom is -0.458 e. The monoisotopic (exact) mass is 607 g/mol. The molecule has 43 heavy (non-hydrogen) atoms. The van der Waals surface area contributed by atoms with Gasteiger partial charge in [0.05, 0.1) is 27.7 Å². The molecule has 2 aromatic carbocycles. The van der Waals surface area contributed by atoms with Gasteiger partial charge in [-0.15, -0.1) is 11.3 Å². The van der Waals surface area contributed by atoms with E-state index in [2.05, 4.69) is 25.9 Å². The van der Waals surface area contributed by atoms with Gasteiger partial charge < -0.3 is 14.5 Å². The Hall–Kier alpha value is -3.95. The van der Waals surface area contributed by atoms with Crippen LogP contribution in [0.5, 0.6) is 6.01 Å². The summed E-state index contributed by atoms with van der Waals surface area (Å²) in [6.07, 6.45) is 5.44. The molecule has 4 aromatic rings. The van der Waals surface area contributed by atoms with E-state index in [1.165, 1.54) is 18.5 Å². The Morgan fingerprint density at radius 2 is 1.84 bits per heavy atom. The molecule has 0 bridgehead atoms. The summed E-state index contributed by atoms with van der Waals surface area (Å²) in [5, 5.41) is 10.5. The number of aliphatic imine (C=N–C) groups is 1. The van der Waals surface area contributed by atoms with Crippen molar-refractivity contribution in [3.63, 3.8) is 0 Å². The zero-order valence-electron chi connectivity index (χ0n) is 24.7. The van der Waals surface area contributed by atoms with Crippen LogP contribution in [-0.2, 0) is 0 Å². The molecule has 1 atom stereocenters. The van der Waals surface area contributed by atoms with Crippen molar-refractivity contribution in [3.8, 4) is 23.2 Å². The Kier molecular flexibility index (Phi) is 7.42. The number of hydrogen-bond donors (Lipinski definition) is 0. The van der Waals surface area contributed by atoms with E-state index in [4.69, 9.17) is 4.74 Å². The first-order valence-corrected chi connectivity index (χ1v) is 15.0. The van der Waals surface area contributed by atoms with Crippen molar-refractivity contribution in [1.82, 2.24) is 19.8 Å². The molecule has 2 aromatic heterocycles. The standard InChI is InChI=1S/C31H32F3N7OS/c1-17(31-10-6-12-41(31)13-7-11-31)42-30-37-26-19(28(38-30)40(4)5)14-22(33)24(25(26)34)18-8-9-21(32)27-23(18)20(15-35)29(43-27)36-16-39(2)3/h8-9,14,16-17H,6-7,10-13H2,1-5H3. The fourth-order valence-electron chi connectivity index (χ4n) is 6.61. The first-order valence-electron chi connectivity index (χ1n) is 14.2. The summed E-state index contributed by atoms with van der Waals surface area (Å²) >= 11 is 0.953. The molecule has 0 saturated carbocycles. The van der Waals surface area contributed by atoms with Crippen molar-refractivity contribution in [1.29, 1.82) is 5.26 Å². The van der Waals surface area contributed by atoms with Crippen molar-refractivity contribution in [3.05, 3.63) is 41.2 Å². The molecular weight excluding hydrogens is 575 g/mol. The van der Waals surface area contributed by atoms with Crippen LogP contribution in [0.2, 0.25) is 0 Å². The van der Waals surface area contributed by atoms with Crippen molar-refractivity contribution in [2.45, 2.75) is 44.2 Å². The Morgan fingerprint density at radius 3 is 2.49 bits per heavy atom. The summed E-state index contributed by atoms with van der Waals surface area (Å²) in [6.45, 7) is 4.05. The largest absolute Gasteiger partial charge is 0.458 e. The third-order valence-electron chi connectivity index (χ3n) is 8.57. The third-order valence-corrected chi connectivity index (χ3v) is 9.68. The second kappa shape index (κ2) is 11.0. The van der Waals surface area contributed by atoms with E-state index in [9.17, 15) is 5.26 Å². The second-order valence-corrected chi connectivity index (χ2v) is 12.6. The van der Waals surface area contributed by atoms with E-state index in [-0.39, 0.29) is 54.8 Å². The number of fused-ring (bicyclic) bond motifs is 3. The predicted molar refractivity (Wildman–Crippen MR) is 164 cm³/mol. The smallest absolute Gasteiger partial charge is 0.319 e. The first kappa shape index (κ1) is 29.1. The lowest BCUT2D eigenvalue weighted by Crippen LogP contribution is -2.50. The van der Waals surface area contributed by atoms with Gasteiger partial charge >= 0.3 is 6.01 Å². The van der Waals surface area contributed by atoms with Crippen molar-refractivity contribution >= 4 is 49.5 Å². The molecule has 224 valence electrons.